The maximum atomic E-state index is 13.0. The van der Waals surface area contributed by atoms with Gasteiger partial charge >= 0.3 is 6.18 Å². The lowest BCUT2D eigenvalue weighted by molar-refractivity contribution is -0.141. The molecular formula is C22H24F3N5O. The van der Waals surface area contributed by atoms with Crippen molar-refractivity contribution in [2.45, 2.75) is 44.3 Å². The van der Waals surface area contributed by atoms with E-state index in [1.54, 1.807) is 6.07 Å². The fourth-order valence-electron chi connectivity index (χ4n) is 4.54. The lowest BCUT2D eigenvalue weighted by Crippen LogP contribution is -2.46. The third kappa shape index (κ3) is 4.23. The van der Waals surface area contributed by atoms with Crippen LogP contribution in [0, 0.1) is 0 Å². The average molecular weight is 431 g/mol. The van der Waals surface area contributed by atoms with E-state index >= 15 is 0 Å². The van der Waals surface area contributed by atoms with Crippen LogP contribution in [-0.2, 0) is 6.18 Å². The van der Waals surface area contributed by atoms with Crippen LogP contribution in [0.1, 0.15) is 37.8 Å². The monoisotopic (exact) mass is 431 g/mol. The molecule has 5 heterocycles. The first kappa shape index (κ1) is 20.2. The SMILES string of the molecule is FC(F)(F)c1cccc(-c2cnc3nc(N4CCC(N5CCCCC5)CC4)oc3c2)n1. The highest BCUT2D eigenvalue weighted by Gasteiger charge is 2.32. The summed E-state index contributed by atoms with van der Waals surface area (Å²) in [5.74, 6) is 0. The summed E-state index contributed by atoms with van der Waals surface area (Å²) in [4.78, 5) is 17.3. The standard InChI is InChI=1S/C22H24F3N5O/c23-22(24,25)19-6-4-5-17(27-19)15-13-18-20(26-14-15)28-21(31-18)30-11-7-16(8-12-30)29-9-2-1-3-10-29/h4-6,13-14,16H,1-3,7-12H2. The maximum absolute atomic E-state index is 13.0. The van der Waals surface area contributed by atoms with E-state index in [1.807, 2.05) is 0 Å². The molecule has 5 rings (SSSR count). The van der Waals surface area contributed by atoms with Crippen LogP contribution in [0.3, 0.4) is 0 Å². The van der Waals surface area contributed by atoms with Crippen molar-refractivity contribution >= 4 is 17.2 Å². The number of hydrogen-bond acceptors (Lipinski definition) is 6. The van der Waals surface area contributed by atoms with Crippen LogP contribution in [0.15, 0.2) is 34.9 Å². The van der Waals surface area contributed by atoms with Crippen molar-refractivity contribution in [2.24, 2.45) is 0 Å². The van der Waals surface area contributed by atoms with Gasteiger partial charge in [0, 0.05) is 30.9 Å². The van der Waals surface area contributed by atoms with E-state index in [-0.39, 0.29) is 5.69 Å². The Balaban J connectivity index is 1.32. The summed E-state index contributed by atoms with van der Waals surface area (Å²) in [7, 11) is 0. The summed E-state index contributed by atoms with van der Waals surface area (Å²) < 4.78 is 44.9. The van der Waals surface area contributed by atoms with Crippen LogP contribution in [0.2, 0.25) is 0 Å². The fourth-order valence-corrected chi connectivity index (χ4v) is 4.54. The summed E-state index contributed by atoms with van der Waals surface area (Å²) in [5.41, 5.74) is 0.628. The molecule has 2 aliphatic rings. The van der Waals surface area contributed by atoms with Gasteiger partial charge in [-0.2, -0.15) is 18.2 Å². The van der Waals surface area contributed by atoms with Crippen molar-refractivity contribution in [3.63, 3.8) is 0 Å². The molecule has 0 aromatic carbocycles. The molecule has 0 radical (unpaired) electrons. The number of aromatic nitrogens is 3. The molecule has 6 nitrogen and oxygen atoms in total. The largest absolute Gasteiger partial charge is 0.433 e. The zero-order valence-corrected chi connectivity index (χ0v) is 17.1. The van der Waals surface area contributed by atoms with Crippen molar-refractivity contribution in [1.82, 2.24) is 19.9 Å². The van der Waals surface area contributed by atoms with Gasteiger partial charge in [-0.3, -0.25) is 0 Å². The van der Waals surface area contributed by atoms with Gasteiger partial charge in [0.1, 0.15) is 5.69 Å². The van der Waals surface area contributed by atoms with Gasteiger partial charge in [0.15, 0.2) is 5.58 Å². The Morgan fingerprint density at radius 1 is 0.968 bits per heavy atom. The van der Waals surface area contributed by atoms with Gasteiger partial charge in [-0.1, -0.05) is 12.5 Å². The van der Waals surface area contributed by atoms with Crippen LogP contribution in [0.25, 0.3) is 22.5 Å². The zero-order valence-electron chi connectivity index (χ0n) is 17.1. The lowest BCUT2D eigenvalue weighted by Gasteiger charge is -2.39. The number of nitrogens with zero attached hydrogens (tertiary/aromatic N) is 5. The molecule has 0 N–H and O–H groups in total. The summed E-state index contributed by atoms with van der Waals surface area (Å²) in [6.07, 6.45) is 3.06. The Morgan fingerprint density at radius 3 is 2.48 bits per heavy atom. The fraction of sp³-hybridized carbons (Fsp3) is 0.500. The Hall–Kier alpha value is -2.68. The van der Waals surface area contributed by atoms with Gasteiger partial charge in [0.25, 0.3) is 6.01 Å². The van der Waals surface area contributed by atoms with Gasteiger partial charge in [-0.15, -0.1) is 0 Å². The zero-order chi connectivity index (χ0) is 21.4. The normalized spacial score (nSPS) is 19.3. The minimum absolute atomic E-state index is 0.199. The Bertz CT molecular complexity index is 1050. The van der Waals surface area contributed by atoms with Crippen LogP contribution in [0.5, 0.6) is 0 Å². The molecule has 3 aromatic heterocycles. The smallest absolute Gasteiger partial charge is 0.422 e. The number of fused-ring (bicyclic) bond motifs is 1. The highest BCUT2D eigenvalue weighted by Crippen LogP contribution is 2.31. The molecule has 0 aliphatic carbocycles. The number of oxazole rings is 1. The van der Waals surface area contributed by atoms with Crippen LogP contribution >= 0.6 is 0 Å². The Morgan fingerprint density at radius 2 is 1.74 bits per heavy atom. The molecule has 9 heteroatoms. The minimum atomic E-state index is -4.49. The van der Waals surface area contributed by atoms with Crippen molar-refractivity contribution < 1.29 is 17.6 Å². The average Bonchev–Trinajstić information content (AvgIpc) is 3.23. The summed E-state index contributed by atoms with van der Waals surface area (Å²) in [6.45, 7) is 4.14. The molecule has 31 heavy (non-hydrogen) atoms. The van der Waals surface area contributed by atoms with E-state index in [0.29, 0.717) is 28.9 Å². The van der Waals surface area contributed by atoms with Gasteiger partial charge in [-0.05, 0) is 57.0 Å². The van der Waals surface area contributed by atoms with Gasteiger partial charge in [-0.25, -0.2) is 9.97 Å². The van der Waals surface area contributed by atoms with Crippen LogP contribution in [0.4, 0.5) is 19.2 Å². The number of anilines is 1. The second kappa shape index (κ2) is 8.11. The molecule has 0 amide bonds. The minimum Gasteiger partial charge on any atom is -0.422 e. The summed E-state index contributed by atoms with van der Waals surface area (Å²) in [5, 5.41) is 0. The number of hydrogen-bond donors (Lipinski definition) is 0. The third-order valence-corrected chi connectivity index (χ3v) is 6.21. The van der Waals surface area contributed by atoms with Crippen molar-refractivity contribution in [3.05, 3.63) is 36.2 Å². The lowest BCUT2D eigenvalue weighted by atomic mass is 10.0. The number of alkyl halides is 3. The first-order valence-electron chi connectivity index (χ1n) is 10.8. The quantitative estimate of drug-likeness (QED) is 0.596. The van der Waals surface area contributed by atoms with Crippen LogP contribution < -0.4 is 4.90 Å². The summed E-state index contributed by atoms with van der Waals surface area (Å²) >= 11 is 0. The number of pyridine rings is 2. The molecule has 2 saturated heterocycles. The Labute approximate surface area is 178 Å². The van der Waals surface area contributed by atoms with Gasteiger partial charge in [0.05, 0.1) is 5.69 Å². The highest BCUT2D eigenvalue weighted by molar-refractivity contribution is 5.76. The van der Waals surface area contributed by atoms with E-state index < -0.39 is 11.9 Å². The predicted molar refractivity (Wildman–Crippen MR) is 111 cm³/mol. The first-order chi connectivity index (χ1) is 15.0. The molecule has 0 bridgehead atoms. The van der Waals surface area contributed by atoms with Crippen molar-refractivity contribution in [3.8, 4) is 11.3 Å². The predicted octanol–water partition coefficient (Wildman–Crippen LogP) is 4.76. The van der Waals surface area contributed by atoms with Gasteiger partial charge < -0.3 is 14.2 Å². The third-order valence-electron chi connectivity index (χ3n) is 6.21. The molecule has 164 valence electrons. The molecule has 0 spiro atoms. The maximum Gasteiger partial charge on any atom is 0.433 e. The van der Waals surface area contributed by atoms with Gasteiger partial charge in [0.2, 0.25) is 5.65 Å². The van der Waals surface area contributed by atoms with E-state index in [4.69, 9.17) is 4.42 Å². The second-order valence-electron chi connectivity index (χ2n) is 8.26. The molecule has 3 aromatic rings. The first-order valence-corrected chi connectivity index (χ1v) is 10.8. The number of likely N-dealkylation sites (tertiary alicyclic amines) is 1. The van der Waals surface area contributed by atoms with Crippen molar-refractivity contribution in [1.29, 1.82) is 0 Å². The number of piperidine rings is 2. The Kier molecular flexibility index (Phi) is 5.29. The molecule has 2 fully saturated rings. The van der Waals surface area contributed by atoms with Crippen molar-refractivity contribution in [2.75, 3.05) is 31.1 Å². The van der Waals surface area contributed by atoms with E-state index in [2.05, 4.69) is 24.8 Å². The number of halogens is 3. The highest BCUT2D eigenvalue weighted by atomic mass is 19.4. The van der Waals surface area contributed by atoms with E-state index in [1.165, 1.54) is 50.7 Å². The molecule has 0 saturated carbocycles. The topological polar surface area (TPSA) is 58.3 Å². The summed E-state index contributed by atoms with van der Waals surface area (Å²) in [6, 6.07) is 6.62. The molecule has 0 unspecified atom stereocenters. The van der Waals surface area contributed by atoms with Crippen LogP contribution in [-0.4, -0.2) is 52.1 Å². The molecule has 0 atom stereocenters. The number of rotatable bonds is 3. The van der Waals surface area contributed by atoms with E-state index in [9.17, 15) is 13.2 Å². The second-order valence-corrected chi connectivity index (χ2v) is 8.26. The van der Waals surface area contributed by atoms with E-state index in [0.717, 1.165) is 32.0 Å². The molecular weight excluding hydrogens is 407 g/mol. The molecule has 2 aliphatic heterocycles.